The van der Waals surface area contributed by atoms with E-state index in [2.05, 4.69) is 0 Å². The normalized spacial score (nSPS) is 21.3. The van der Waals surface area contributed by atoms with Crippen molar-refractivity contribution in [3.8, 4) is 5.75 Å². The third-order valence-electron chi connectivity index (χ3n) is 4.12. The molecule has 2 aliphatic rings. The van der Waals surface area contributed by atoms with Crippen molar-refractivity contribution in [3.63, 3.8) is 0 Å². The molecular weight excluding hydrogens is 270 g/mol. The highest BCUT2D eigenvalue weighted by Gasteiger charge is 2.36. The highest BCUT2D eigenvalue weighted by atomic mass is 16.5. The minimum absolute atomic E-state index is 0.0190. The summed E-state index contributed by atoms with van der Waals surface area (Å²) in [7, 11) is 0. The highest BCUT2D eigenvalue weighted by Crippen LogP contribution is 2.23. The molecule has 2 saturated heterocycles. The molecule has 1 atom stereocenters. The minimum Gasteiger partial charge on any atom is -0.482 e. The molecule has 1 aromatic carbocycles. The number of piperazine rings is 1. The van der Waals surface area contributed by atoms with Crippen LogP contribution in [-0.2, 0) is 9.59 Å². The highest BCUT2D eigenvalue weighted by molar-refractivity contribution is 5.81. The number of carbonyl (C=O) groups excluding carboxylic acids is 2. The Bertz CT molecular complexity index is 561. The summed E-state index contributed by atoms with van der Waals surface area (Å²) in [5, 5.41) is 0. The molecule has 2 amide bonds. The van der Waals surface area contributed by atoms with Crippen molar-refractivity contribution in [2.45, 2.75) is 18.9 Å². The van der Waals surface area contributed by atoms with Crippen molar-refractivity contribution in [1.82, 2.24) is 9.80 Å². The van der Waals surface area contributed by atoms with Gasteiger partial charge in [0.2, 0.25) is 5.91 Å². The first-order chi connectivity index (χ1) is 10.1. The van der Waals surface area contributed by atoms with Crippen LogP contribution in [0.25, 0.3) is 0 Å². The summed E-state index contributed by atoms with van der Waals surface area (Å²) in [5.74, 6) is 0.679. The number of carbonyl (C=O) groups is 2. The van der Waals surface area contributed by atoms with E-state index in [0.717, 1.165) is 6.42 Å². The number of nitrogens with two attached hydrogens (primary N) is 1. The number of para-hydroxylation sites is 2. The van der Waals surface area contributed by atoms with Crippen LogP contribution in [0, 0.1) is 0 Å². The lowest BCUT2D eigenvalue weighted by Gasteiger charge is -2.37. The van der Waals surface area contributed by atoms with Gasteiger partial charge in [-0.2, -0.15) is 0 Å². The Kier molecular flexibility index (Phi) is 3.68. The number of benzene rings is 1. The molecule has 0 radical (unpaired) electrons. The first kappa shape index (κ1) is 13.7. The number of ether oxygens (including phenoxy) is 1. The summed E-state index contributed by atoms with van der Waals surface area (Å²) in [6, 6.07) is 7.30. The number of hydrogen-bond donors (Lipinski definition) is 1. The fourth-order valence-corrected chi connectivity index (χ4v) is 2.93. The molecule has 3 rings (SSSR count). The molecule has 1 aromatic rings. The lowest BCUT2D eigenvalue weighted by molar-refractivity contribution is -0.140. The van der Waals surface area contributed by atoms with Crippen molar-refractivity contribution < 1.29 is 14.3 Å². The van der Waals surface area contributed by atoms with Gasteiger partial charge in [0.25, 0.3) is 5.91 Å². The van der Waals surface area contributed by atoms with Crippen LogP contribution >= 0.6 is 0 Å². The molecule has 0 saturated carbocycles. The maximum atomic E-state index is 12.2. The van der Waals surface area contributed by atoms with Crippen molar-refractivity contribution in [2.75, 3.05) is 32.0 Å². The zero-order chi connectivity index (χ0) is 14.8. The lowest BCUT2D eigenvalue weighted by Crippen LogP contribution is -2.54. The molecule has 2 N–H and O–H groups in total. The zero-order valence-electron chi connectivity index (χ0n) is 11.8. The molecule has 112 valence electrons. The second-order valence-corrected chi connectivity index (χ2v) is 5.45. The predicted molar refractivity (Wildman–Crippen MR) is 77.7 cm³/mol. The number of nitrogen functional groups attached to an aromatic ring is 1. The molecule has 1 unspecified atom stereocenters. The second kappa shape index (κ2) is 5.63. The van der Waals surface area contributed by atoms with Crippen LogP contribution in [0.3, 0.4) is 0 Å². The van der Waals surface area contributed by atoms with E-state index in [4.69, 9.17) is 10.5 Å². The van der Waals surface area contributed by atoms with Gasteiger partial charge in [-0.1, -0.05) is 12.1 Å². The summed E-state index contributed by atoms with van der Waals surface area (Å²) in [6.07, 6.45) is 1.44. The Labute approximate surface area is 123 Å². The quantitative estimate of drug-likeness (QED) is 0.821. The summed E-state index contributed by atoms with van der Waals surface area (Å²) in [6.45, 7) is 1.80. The average molecular weight is 289 g/mol. The van der Waals surface area contributed by atoms with E-state index in [9.17, 15) is 9.59 Å². The van der Waals surface area contributed by atoms with Crippen LogP contribution in [0.1, 0.15) is 12.8 Å². The Morgan fingerprint density at radius 1 is 1.33 bits per heavy atom. The standard InChI is InChI=1S/C15H19N3O3/c16-12-3-1-2-4-13(12)21-10-15(20)17-7-8-18-11(9-17)5-6-14(18)19/h1-4,11H,5-10,16H2. The van der Waals surface area contributed by atoms with Gasteiger partial charge in [-0.15, -0.1) is 0 Å². The molecule has 2 heterocycles. The van der Waals surface area contributed by atoms with E-state index in [-0.39, 0.29) is 24.5 Å². The monoisotopic (exact) mass is 289 g/mol. The summed E-state index contributed by atoms with van der Waals surface area (Å²) < 4.78 is 5.49. The van der Waals surface area contributed by atoms with Crippen molar-refractivity contribution in [3.05, 3.63) is 24.3 Å². The molecule has 2 aliphatic heterocycles. The third kappa shape index (κ3) is 2.79. The van der Waals surface area contributed by atoms with E-state index in [1.54, 1.807) is 17.0 Å². The van der Waals surface area contributed by atoms with Crippen LogP contribution in [0.15, 0.2) is 24.3 Å². The predicted octanol–water partition coefficient (Wildman–Crippen LogP) is 0.481. The molecule has 0 spiro atoms. The maximum absolute atomic E-state index is 12.2. The van der Waals surface area contributed by atoms with Crippen LogP contribution in [-0.4, -0.2) is 53.9 Å². The van der Waals surface area contributed by atoms with Crippen molar-refractivity contribution >= 4 is 17.5 Å². The summed E-state index contributed by atoms with van der Waals surface area (Å²) in [5.41, 5.74) is 6.30. The molecule has 0 aromatic heterocycles. The molecular formula is C15H19N3O3. The Hall–Kier alpha value is -2.24. The minimum atomic E-state index is -0.0581. The zero-order valence-corrected chi connectivity index (χ0v) is 11.8. The second-order valence-electron chi connectivity index (χ2n) is 5.45. The summed E-state index contributed by atoms with van der Waals surface area (Å²) >= 11 is 0. The average Bonchev–Trinajstić information content (AvgIpc) is 2.87. The Morgan fingerprint density at radius 2 is 2.14 bits per heavy atom. The lowest BCUT2D eigenvalue weighted by atomic mass is 10.1. The number of hydrogen-bond acceptors (Lipinski definition) is 4. The topological polar surface area (TPSA) is 75.9 Å². The Balaban J connectivity index is 1.55. The van der Waals surface area contributed by atoms with Crippen molar-refractivity contribution in [2.24, 2.45) is 0 Å². The van der Waals surface area contributed by atoms with Crippen LogP contribution in [0.4, 0.5) is 5.69 Å². The molecule has 21 heavy (non-hydrogen) atoms. The molecule has 2 fully saturated rings. The number of amides is 2. The van der Waals surface area contributed by atoms with Crippen molar-refractivity contribution in [1.29, 1.82) is 0 Å². The van der Waals surface area contributed by atoms with Gasteiger partial charge in [0.15, 0.2) is 6.61 Å². The van der Waals surface area contributed by atoms with Crippen LogP contribution < -0.4 is 10.5 Å². The number of fused-ring (bicyclic) bond motifs is 1. The Morgan fingerprint density at radius 3 is 2.95 bits per heavy atom. The van der Waals surface area contributed by atoms with Crippen LogP contribution in [0.5, 0.6) is 5.75 Å². The largest absolute Gasteiger partial charge is 0.482 e. The van der Waals surface area contributed by atoms with E-state index in [1.807, 2.05) is 17.0 Å². The fraction of sp³-hybridized carbons (Fsp3) is 0.467. The first-order valence-electron chi connectivity index (χ1n) is 7.19. The third-order valence-corrected chi connectivity index (χ3v) is 4.12. The van der Waals surface area contributed by atoms with E-state index >= 15 is 0 Å². The van der Waals surface area contributed by atoms with Gasteiger partial charge in [-0.25, -0.2) is 0 Å². The van der Waals surface area contributed by atoms with Crippen LogP contribution in [0.2, 0.25) is 0 Å². The van der Waals surface area contributed by atoms with E-state index < -0.39 is 0 Å². The van der Waals surface area contributed by atoms with Gasteiger partial charge in [-0.3, -0.25) is 9.59 Å². The SMILES string of the molecule is Nc1ccccc1OCC(=O)N1CCN2C(=O)CCC2C1. The molecule has 0 bridgehead atoms. The van der Waals surface area contributed by atoms with Gasteiger partial charge in [0.1, 0.15) is 5.75 Å². The molecule has 6 heteroatoms. The molecule has 6 nitrogen and oxygen atoms in total. The number of rotatable bonds is 3. The summed E-state index contributed by atoms with van der Waals surface area (Å²) in [4.78, 5) is 27.5. The van der Waals surface area contributed by atoms with E-state index in [0.29, 0.717) is 37.5 Å². The van der Waals surface area contributed by atoms with Gasteiger partial charge >= 0.3 is 0 Å². The van der Waals surface area contributed by atoms with Gasteiger partial charge in [0, 0.05) is 32.1 Å². The van der Waals surface area contributed by atoms with Gasteiger partial charge in [0.05, 0.1) is 5.69 Å². The molecule has 0 aliphatic carbocycles. The maximum Gasteiger partial charge on any atom is 0.260 e. The van der Waals surface area contributed by atoms with Gasteiger partial charge < -0.3 is 20.3 Å². The first-order valence-corrected chi connectivity index (χ1v) is 7.19. The van der Waals surface area contributed by atoms with E-state index in [1.165, 1.54) is 0 Å². The number of anilines is 1. The fourth-order valence-electron chi connectivity index (χ4n) is 2.93. The smallest absolute Gasteiger partial charge is 0.260 e. The number of nitrogens with zero attached hydrogens (tertiary/aromatic N) is 2. The van der Waals surface area contributed by atoms with Gasteiger partial charge in [-0.05, 0) is 18.6 Å².